The zero-order valence-electron chi connectivity index (χ0n) is 13.1. The molecular weight excluding hydrogens is 268 g/mol. The number of phenols is 1. The summed E-state index contributed by atoms with van der Waals surface area (Å²) >= 11 is 0. The smallest absolute Gasteiger partial charge is 0.234 e. The Morgan fingerprint density at radius 2 is 2.05 bits per heavy atom. The van der Waals surface area contributed by atoms with Gasteiger partial charge >= 0.3 is 0 Å². The number of aromatic hydroxyl groups is 1. The van der Waals surface area contributed by atoms with Crippen molar-refractivity contribution in [2.24, 2.45) is 0 Å². The van der Waals surface area contributed by atoms with Crippen LogP contribution in [-0.4, -0.2) is 55.8 Å². The van der Waals surface area contributed by atoms with Crippen LogP contribution in [0.3, 0.4) is 0 Å². The van der Waals surface area contributed by atoms with Gasteiger partial charge in [0, 0.05) is 19.7 Å². The third kappa shape index (κ3) is 7.11. The maximum Gasteiger partial charge on any atom is 0.234 e. The van der Waals surface area contributed by atoms with Gasteiger partial charge in [-0.3, -0.25) is 9.69 Å². The van der Waals surface area contributed by atoms with Gasteiger partial charge in [0.1, 0.15) is 5.75 Å². The topological polar surface area (TPSA) is 61.8 Å². The van der Waals surface area contributed by atoms with E-state index in [1.807, 2.05) is 24.1 Å². The van der Waals surface area contributed by atoms with Crippen molar-refractivity contribution in [1.82, 2.24) is 10.2 Å². The van der Waals surface area contributed by atoms with Gasteiger partial charge in [-0.2, -0.15) is 0 Å². The lowest BCUT2D eigenvalue weighted by Crippen LogP contribution is -2.40. The van der Waals surface area contributed by atoms with Crippen LogP contribution >= 0.6 is 0 Å². The molecule has 0 spiro atoms. The number of likely N-dealkylation sites (N-methyl/N-ethyl adjacent to an activating group) is 1. The van der Waals surface area contributed by atoms with Crippen LogP contribution < -0.4 is 5.32 Å². The van der Waals surface area contributed by atoms with E-state index in [1.165, 1.54) is 5.56 Å². The predicted molar refractivity (Wildman–Crippen MR) is 83.4 cm³/mol. The number of ether oxygens (including phenoxy) is 1. The van der Waals surface area contributed by atoms with E-state index in [0.717, 1.165) is 12.8 Å². The molecule has 1 aromatic rings. The second kappa shape index (κ2) is 9.37. The predicted octanol–water partition coefficient (Wildman–Crippen LogP) is 1.41. The number of carbonyl (C=O) groups excluding carboxylic acids is 1. The van der Waals surface area contributed by atoms with Gasteiger partial charge in [0.05, 0.1) is 13.2 Å². The highest BCUT2D eigenvalue weighted by atomic mass is 16.5. The van der Waals surface area contributed by atoms with Gasteiger partial charge in [0.25, 0.3) is 0 Å². The average Bonchev–Trinajstić information content (AvgIpc) is 2.46. The molecule has 21 heavy (non-hydrogen) atoms. The molecule has 0 aromatic heterocycles. The van der Waals surface area contributed by atoms with Crippen LogP contribution in [0.4, 0.5) is 0 Å². The largest absolute Gasteiger partial charge is 0.508 e. The number of benzene rings is 1. The second-order valence-corrected chi connectivity index (χ2v) is 5.31. The summed E-state index contributed by atoms with van der Waals surface area (Å²) in [5, 5.41) is 12.1. The van der Waals surface area contributed by atoms with E-state index in [4.69, 9.17) is 4.74 Å². The van der Waals surface area contributed by atoms with Crippen molar-refractivity contribution >= 4 is 5.91 Å². The van der Waals surface area contributed by atoms with Crippen molar-refractivity contribution in [3.63, 3.8) is 0 Å². The van der Waals surface area contributed by atoms with Crippen LogP contribution in [0, 0.1) is 0 Å². The van der Waals surface area contributed by atoms with Gasteiger partial charge in [-0.05, 0) is 44.5 Å². The van der Waals surface area contributed by atoms with E-state index < -0.39 is 0 Å². The van der Waals surface area contributed by atoms with Crippen LogP contribution in [-0.2, 0) is 16.0 Å². The first-order valence-corrected chi connectivity index (χ1v) is 7.26. The van der Waals surface area contributed by atoms with Gasteiger partial charge < -0.3 is 15.2 Å². The van der Waals surface area contributed by atoms with Gasteiger partial charge in [0.2, 0.25) is 5.91 Å². The van der Waals surface area contributed by atoms with Crippen LogP contribution in [0.15, 0.2) is 24.3 Å². The van der Waals surface area contributed by atoms with Crippen molar-refractivity contribution in [3.8, 4) is 5.75 Å². The Hall–Kier alpha value is -1.59. The molecule has 0 saturated heterocycles. The SMILES string of the molecule is COCCNC(=O)CN(C)C(C)CCc1ccc(O)cc1. The number of phenolic OH excluding ortho intramolecular Hbond substituents is 1. The number of nitrogens with zero attached hydrogens (tertiary/aromatic N) is 1. The minimum absolute atomic E-state index is 0.0195. The molecule has 0 saturated carbocycles. The summed E-state index contributed by atoms with van der Waals surface area (Å²) in [5.74, 6) is 0.308. The molecule has 1 unspecified atom stereocenters. The van der Waals surface area contributed by atoms with Crippen molar-refractivity contribution in [2.45, 2.75) is 25.8 Å². The molecule has 5 nitrogen and oxygen atoms in total. The molecule has 0 fully saturated rings. The molecule has 0 radical (unpaired) electrons. The Kier molecular flexibility index (Phi) is 7.79. The summed E-state index contributed by atoms with van der Waals surface area (Å²) in [6.07, 6.45) is 1.89. The zero-order chi connectivity index (χ0) is 15.7. The Labute approximate surface area is 126 Å². The molecule has 0 aliphatic rings. The summed E-state index contributed by atoms with van der Waals surface area (Å²) in [6.45, 7) is 3.58. The number of carbonyl (C=O) groups is 1. The number of aryl methyl sites for hydroxylation is 1. The molecule has 0 heterocycles. The summed E-state index contributed by atoms with van der Waals surface area (Å²) in [7, 11) is 3.57. The lowest BCUT2D eigenvalue weighted by molar-refractivity contribution is -0.122. The lowest BCUT2D eigenvalue weighted by Gasteiger charge is -2.24. The Morgan fingerprint density at radius 1 is 1.38 bits per heavy atom. The highest BCUT2D eigenvalue weighted by Gasteiger charge is 2.12. The summed E-state index contributed by atoms with van der Waals surface area (Å²) in [6, 6.07) is 7.57. The number of methoxy groups -OCH3 is 1. The average molecular weight is 294 g/mol. The van der Waals surface area contributed by atoms with Crippen molar-refractivity contribution in [2.75, 3.05) is 33.9 Å². The standard InChI is InChI=1S/C16H26N2O3/c1-13(4-5-14-6-8-15(19)9-7-14)18(2)12-16(20)17-10-11-21-3/h6-9,13,19H,4-5,10-12H2,1-3H3,(H,17,20). The Morgan fingerprint density at radius 3 is 2.67 bits per heavy atom. The molecule has 1 rings (SSSR count). The van der Waals surface area contributed by atoms with E-state index in [9.17, 15) is 9.90 Å². The first kappa shape index (κ1) is 17.5. The van der Waals surface area contributed by atoms with Crippen molar-refractivity contribution in [3.05, 3.63) is 29.8 Å². The van der Waals surface area contributed by atoms with Crippen LogP contribution in [0.25, 0.3) is 0 Å². The molecule has 0 aliphatic heterocycles. The molecule has 0 bridgehead atoms. The van der Waals surface area contributed by atoms with E-state index in [2.05, 4.69) is 12.2 Å². The van der Waals surface area contributed by atoms with Crippen molar-refractivity contribution in [1.29, 1.82) is 0 Å². The molecule has 1 aromatic carbocycles. The Balaban J connectivity index is 2.28. The van der Waals surface area contributed by atoms with Crippen LogP contribution in [0.2, 0.25) is 0 Å². The lowest BCUT2D eigenvalue weighted by atomic mass is 10.1. The minimum atomic E-state index is 0.0195. The van der Waals surface area contributed by atoms with E-state index in [0.29, 0.717) is 25.7 Å². The third-order valence-electron chi connectivity index (χ3n) is 3.56. The number of hydrogen-bond donors (Lipinski definition) is 2. The maximum absolute atomic E-state index is 11.7. The van der Waals surface area contributed by atoms with E-state index in [-0.39, 0.29) is 11.7 Å². The maximum atomic E-state index is 11.7. The highest BCUT2D eigenvalue weighted by Crippen LogP contribution is 2.13. The third-order valence-corrected chi connectivity index (χ3v) is 3.56. The van der Waals surface area contributed by atoms with E-state index in [1.54, 1.807) is 19.2 Å². The second-order valence-electron chi connectivity index (χ2n) is 5.31. The first-order valence-electron chi connectivity index (χ1n) is 7.26. The number of rotatable bonds is 9. The fourth-order valence-electron chi connectivity index (χ4n) is 1.99. The van der Waals surface area contributed by atoms with Gasteiger partial charge in [-0.25, -0.2) is 0 Å². The van der Waals surface area contributed by atoms with Crippen LogP contribution in [0.1, 0.15) is 18.9 Å². The van der Waals surface area contributed by atoms with Crippen molar-refractivity contribution < 1.29 is 14.6 Å². The molecule has 0 aliphatic carbocycles. The molecule has 1 amide bonds. The molecule has 118 valence electrons. The fourth-order valence-corrected chi connectivity index (χ4v) is 1.99. The molecular formula is C16H26N2O3. The van der Waals surface area contributed by atoms with Gasteiger partial charge in [-0.1, -0.05) is 12.1 Å². The van der Waals surface area contributed by atoms with Crippen LogP contribution in [0.5, 0.6) is 5.75 Å². The zero-order valence-corrected chi connectivity index (χ0v) is 13.1. The molecule has 5 heteroatoms. The summed E-state index contributed by atoms with van der Waals surface area (Å²) in [4.78, 5) is 13.8. The fraction of sp³-hybridized carbons (Fsp3) is 0.562. The number of nitrogens with one attached hydrogen (secondary N) is 1. The number of hydrogen-bond acceptors (Lipinski definition) is 4. The monoisotopic (exact) mass is 294 g/mol. The minimum Gasteiger partial charge on any atom is -0.508 e. The molecule has 2 N–H and O–H groups in total. The highest BCUT2D eigenvalue weighted by molar-refractivity contribution is 5.77. The summed E-state index contributed by atoms with van der Waals surface area (Å²) < 4.78 is 4.89. The van der Waals surface area contributed by atoms with Gasteiger partial charge in [0.15, 0.2) is 0 Å². The Bertz CT molecular complexity index is 420. The first-order chi connectivity index (χ1) is 10.0. The van der Waals surface area contributed by atoms with Gasteiger partial charge in [-0.15, -0.1) is 0 Å². The van der Waals surface area contributed by atoms with E-state index >= 15 is 0 Å². The quantitative estimate of drug-likeness (QED) is 0.676. The molecule has 1 atom stereocenters. The summed E-state index contributed by atoms with van der Waals surface area (Å²) in [5.41, 5.74) is 1.19. The number of amides is 1. The normalized spacial score (nSPS) is 12.4.